The molecule has 0 unspecified atom stereocenters. The van der Waals surface area contributed by atoms with E-state index in [0.29, 0.717) is 11.1 Å². The number of amides is 1. The van der Waals surface area contributed by atoms with Crippen molar-refractivity contribution in [3.05, 3.63) is 70.9 Å². The Kier molecular flexibility index (Phi) is 4.62. The highest BCUT2D eigenvalue weighted by molar-refractivity contribution is 7.16. The first kappa shape index (κ1) is 19.6. The molecular weight excluding hydrogens is 420 g/mol. The van der Waals surface area contributed by atoms with Crippen LogP contribution in [-0.4, -0.2) is 39.9 Å². The summed E-state index contributed by atoms with van der Waals surface area (Å²) in [5, 5.41) is 10.8. The van der Waals surface area contributed by atoms with Crippen molar-refractivity contribution in [2.75, 3.05) is 13.2 Å². The molecule has 162 valence electrons. The zero-order chi connectivity index (χ0) is 21.7. The second-order valence-electron chi connectivity index (χ2n) is 9.13. The zero-order valence-corrected chi connectivity index (χ0v) is 18.7. The number of carbonyl (C=O) groups is 1. The Labute approximate surface area is 190 Å². The highest BCUT2D eigenvalue weighted by Crippen LogP contribution is 2.46. The fraction of sp³-hybridized carbons (Fsp3) is 0.320. The molecular formula is C25H24N4O2S. The van der Waals surface area contributed by atoms with Crippen LogP contribution in [0.15, 0.2) is 54.0 Å². The van der Waals surface area contributed by atoms with Gasteiger partial charge in [0.1, 0.15) is 10.5 Å². The summed E-state index contributed by atoms with van der Waals surface area (Å²) in [6.45, 7) is 1.67. The Hall–Kier alpha value is -3.03. The van der Waals surface area contributed by atoms with Crippen LogP contribution in [-0.2, 0) is 18.2 Å². The lowest BCUT2D eigenvalue weighted by atomic mass is 9.64. The van der Waals surface area contributed by atoms with Gasteiger partial charge < -0.3 is 10.1 Å². The van der Waals surface area contributed by atoms with E-state index in [2.05, 4.69) is 45.7 Å². The summed E-state index contributed by atoms with van der Waals surface area (Å²) in [7, 11) is 1.92. The minimum absolute atomic E-state index is 0.0767. The van der Waals surface area contributed by atoms with E-state index in [0.717, 1.165) is 59.5 Å². The van der Waals surface area contributed by atoms with Gasteiger partial charge in [0.05, 0.1) is 18.9 Å². The van der Waals surface area contributed by atoms with Gasteiger partial charge in [-0.3, -0.25) is 9.48 Å². The molecule has 4 heterocycles. The van der Waals surface area contributed by atoms with E-state index in [1.165, 1.54) is 5.56 Å². The fourth-order valence-corrected chi connectivity index (χ4v) is 5.65. The Balaban J connectivity index is 1.22. The predicted octanol–water partition coefficient (Wildman–Crippen LogP) is 4.20. The third kappa shape index (κ3) is 3.51. The van der Waals surface area contributed by atoms with E-state index in [1.807, 2.05) is 35.4 Å². The molecule has 1 aliphatic heterocycles. The lowest BCUT2D eigenvalue weighted by Crippen LogP contribution is -2.59. The molecule has 32 heavy (non-hydrogen) atoms. The van der Waals surface area contributed by atoms with Crippen LogP contribution in [0.2, 0.25) is 0 Å². The summed E-state index contributed by atoms with van der Waals surface area (Å²) in [6, 6.07) is 14.8. The quantitative estimate of drug-likeness (QED) is 0.501. The first-order valence-corrected chi connectivity index (χ1v) is 11.8. The molecule has 6 rings (SSSR count). The summed E-state index contributed by atoms with van der Waals surface area (Å²) in [5.41, 5.74) is 5.22. The monoisotopic (exact) mass is 444 g/mol. The average molecular weight is 445 g/mol. The number of aromatic nitrogens is 3. The topological polar surface area (TPSA) is 69.0 Å². The molecule has 2 fully saturated rings. The molecule has 1 saturated carbocycles. The number of benzene rings is 1. The first-order chi connectivity index (χ1) is 15.6. The molecule has 7 heteroatoms. The molecule has 0 bridgehead atoms. The summed E-state index contributed by atoms with van der Waals surface area (Å²) < 4.78 is 7.14. The third-order valence-electron chi connectivity index (χ3n) is 6.62. The maximum Gasteiger partial charge on any atom is 0.270 e. The largest absolute Gasteiger partial charge is 0.380 e. The predicted molar refractivity (Wildman–Crippen MR) is 125 cm³/mol. The van der Waals surface area contributed by atoms with Crippen molar-refractivity contribution in [3.63, 3.8) is 0 Å². The number of nitrogens with zero attached hydrogens (tertiary/aromatic N) is 3. The summed E-state index contributed by atoms with van der Waals surface area (Å²) in [5.74, 6) is -0.0767. The standard InChI is InChI=1S/C25H24N4O2S/c1-29-8-6-21(28-29)17-4-2-16(3-5-17)10-18-11-22(27-24-20(18)7-9-32-24)23(30)26-19-12-25(13-19)14-31-15-25/h2-9,11,19H,10,12-15H2,1H3,(H,26,30). The van der Waals surface area contributed by atoms with Crippen molar-refractivity contribution < 1.29 is 9.53 Å². The van der Waals surface area contributed by atoms with Gasteiger partial charge in [0.2, 0.25) is 0 Å². The van der Waals surface area contributed by atoms with Crippen molar-refractivity contribution in [2.24, 2.45) is 12.5 Å². The summed E-state index contributed by atoms with van der Waals surface area (Å²) in [6.07, 6.45) is 4.72. The zero-order valence-electron chi connectivity index (χ0n) is 17.9. The molecule has 0 atom stereocenters. The Bertz CT molecular complexity index is 1300. The van der Waals surface area contributed by atoms with Gasteiger partial charge in [0.15, 0.2) is 0 Å². The maximum atomic E-state index is 12.9. The molecule has 1 aromatic carbocycles. The summed E-state index contributed by atoms with van der Waals surface area (Å²) >= 11 is 1.58. The van der Waals surface area contributed by atoms with E-state index in [1.54, 1.807) is 11.3 Å². The van der Waals surface area contributed by atoms with Gasteiger partial charge in [-0.2, -0.15) is 5.10 Å². The molecule has 3 aromatic heterocycles. The normalized spacial score (nSPS) is 17.3. The molecule has 4 aromatic rings. The van der Waals surface area contributed by atoms with Gasteiger partial charge in [-0.25, -0.2) is 4.98 Å². The van der Waals surface area contributed by atoms with Crippen molar-refractivity contribution in [1.29, 1.82) is 0 Å². The number of pyridine rings is 1. The molecule has 1 spiro atoms. The smallest absolute Gasteiger partial charge is 0.270 e. The van der Waals surface area contributed by atoms with Crippen LogP contribution in [0, 0.1) is 5.41 Å². The Morgan fingerprint density at radius 3 is 2.72 bits per heavy atom. The first-order valence-electron chi connectivity index (χ1n) is 10.9. The lowest BCUT2D eigenvalue weighted by molar-refractivity contribution is -0.165. The number of hydrogen-bond acceptors (Lipinski definition) is 5. The second-order valence-corrected chi connectivity index (χ2v) is 10.0. The highest BCUT2D eigenvalue weighted by Gasteiger charge is 2.50. The SMILES string of the molecule is Cn1ccc(-c2ccc(Cc3cc(C(=O)NC4CC5(COC5)C4)nc4sccc34)cc2)n1. The van der Waals surface area contributed by atoms with E-state index in [4.69, 9.17) is 4.74 Å². The number of rotatable bonds is 5. The average Bonchev–Trinajstić information content (AvgIpc) is 3.38. The molecule has 2 aliphatic rings. The number of aryl methyl sites for hydroxylation is 1. The van der Waals surface area contributed by atoms with Gasteiger partial charge in [0.25, 0.3) is 5.91 Å². The van der Waals surface area contributed by atoms with Crippen LogP contribution in [0.1, 0.15) is 34.5 Å². The van der Waals surface area contributed by atoms with Crippen molar-refractivity contribution in [1.82, 2.24) is 20.1 Å². The van der Waals surface area contributed by atoms with E-state index < -0.39 is 0 Å². The number of thiophene rings is 1. The van der Waals surface area contributed by atoms with Crippen LogP contribution in [0.3, 0.4) is 0 Å². The van der Waals surface area contributed by atoms with Crippen molar-refractivity contribution >= 4 is 27.5 Å². The third-order valence-corrected chi connectivity index (χ3v) is 7.43. The minimum Gasteiger partial charge on any atom is -0.380 e. The molecule has 0 radical (unpaired) electrons. The molecule has 1 saturated heterocycles. The van der Waals surface area contributed by atoms with Crippen molar-refractivity contribution in [3.8, 4) is 11.3 Å². The van der Waals surface area contributed by atoms with Gasteiger partial charge in [0, 0.05) is 35.7 Å². The Morgan fingerprint density at radius 2 is 2.03 bits per heavy atom. The van der Waals surface area contributed by atoms with Crippen LogP contribution in [0.25, 0.3) is 21.5 Å². The summed E-state index contributed by atoms with van der Waals surface area (Å²) in [4.78, 5) is 18.5. The molecule has 6 nitrogen and oxygen atoms in total. The van der Waals surface area contributed by atoms with E-state index in [-0.39, 0.29) is 11.9 Å². The van der Waals surface area contributed by atoms with Crippen molar-refractivity contribution in [2.45, 2.75) is 25.3 Å². The maximum absolute atomic E-state index is 12.9. The fourth-order valence-electron chi connectivity index (χ4n) is 4.84. The van der Waals surface area contributed by atoms with Gasteiger partial charge in [-0.05, 0) is 54.0 Å². The number of fused-ring (bicyclic) bond motifs is 1. The number of hydrogen-bond donors (Lipinski definition) is 1. The second kappa shape index (κ2) is 7.53. The van der Waals surface area contributed by atoms with Crippen LogP contribution in [0.5, 0.6) is 0 Å². The number of ether oxygens (including phenoxy) is 1. The van der Waals surface area contributed by atoms with Gasteiger partial charge in [-0.15, -0.1) is 11.3 Å². The van der Waals surface area contributed by atoms with Gasteiger partial charge >= 0.3 is 0 Å². The highest BCUT2D eigenvalue weighted by atomic mass is 32.1. The lowest BCUT2D eigenvalue weighted by Gasteiger charge is -2.53. The molecule has 1 aliphatic carbocycles. The van der Waals surface area contributed by atoms with Crippen LogP contribution >= 0.6 is 11.3 Å². The number of nitrogens with one attached hydrogen (secondary N) is 1. The van der Waals surface area contributed by atoms with Crippen LogP contribution in [0.4, 0.5) is 0 Å². The molecule has 1 N–H and O–H groups in total. The molecule has 1 amide bonds. The van der Waals surface area contributed by atoms with Crippen LogP contribution < -0.4 is 5.32 Å². The van der Waals surface area contributed by atoms with E-state index in [9.17, 15) is 4.79 Å². The Morgan fingerprint density at radius 1 is 1.22 bits per heavy atom. The minimum atomic E-state index is -0.0767. The number of carbonyl (C=O) groups excluding carboxylic acids is 1. The van der Waals surface area contributed by atoms with Gasteiger partial charge in [-0.1, -0.05) is 24.3 Å². The van der Waals surface area contributed by atoms with E-state index >= 15 is 0 Å².